The van der Waals surface area contributed by atoms with Crippen LogP contribution in [0.4, 0.5) is 0 Å². The Hall–Kier alpha value is -3.82. The summed E-state index contributed by atoms with van der Waals surface area (Å²) in [5, 5.41) is 12.3. The first-order valence-corrected chi connectivity index (χ1v) is 19.7. The number of carboxylic acids is 1. The quantitative estimate of drug-likeness (QED) is 0.118. The molecule has 1 saturated carbocycles. The number of fused-ring (bicyclic) bond motifs is 1. The molecule has 15 heteroatoms. The van der Waals surface area contributed by atoms with Gasteiger partial charge in [0, 0.05) is 30.2 Å². The Morgan fingerprint density at radius 1 is 0.980 bits per heavy atom. The number of hydrogen-bond donors (Lipinski definition) is 4. The zero-order valence-corrected chi connectivity index (χ0v) is 31.1. The number of carbonyl (C=O) groups excluding carboxylic acids is 2. The molecule has 1 heterocycles. The van der Waals surface area contributed by atoms with Crippen molar-refractivity contribution in [3.05, 3.63) is 52.1 Å². The number of hydrogen-bond acceptors (Lipinski definition) is 8. The second-order valence-corrected chi connectivity index (χ2v) is 17.3. The van der Waals surface area contributed by atoms with Gasteiger partial charge in [-0.1, -0.05) is 30.5 Å². The Morgan fingerprint density at radius 2 is 1.62 bits per heavy atom. The number of sulfonamides is 2. The highest BCUT2D eigenvalue weighted by Gasteiger charge is 2.39. The summed E-state index contributed by atoms with van der Waals surface area (Å²) in [5.74, 6) is -3.20. The van der Waals surface area contributed by atoms with Crippen molar-refractivity contribution >= 4 is 43.5 Å². The molecule has 5 N–H and O–H groups in total. The predicted molar refractivity (Wildman–Crippen MR) is 188 cm³/mol. The van der Waals surface area contributed by atoms with Gasteiger partial charge in [-0.05, 0) is 96.0 Å². The highest BCUT2D eigenvalue weighted by Crippen LogP contribution is 2.44. The number of nitrogens with zero attached hydrogens (tertiary/aromatic N) is 1. The number of benzene rings is 2. The fourth-order valence-electron chi connectivity index (χ4n) is 6.83. The number of rotatable bonds is 15. The van der Waals surface area contributed by atoms with E-state index in [1.54, 1.807) is 26.0 Å². The summed E-state index contributed by atoms with van der Waals surface area (Å²) in [7, 11) is -8.07. The normalized spacial score (nSPS) is 19.4. The van der Waals surface area contributed by atoms with Gasteiger partial charge in [-0.15, -0.1) is 4.40 Å². The lowest BCUT2D eigenvalue weighted by Gasteiger charge is -2.21. The van der Waals surface area contributed by atoms with E-state index in [0.717, 1.165) is 16.7 Å². The lowest BCUT2D eigenvalue weighted by Crippen LogP contribution is -2.46. The molecule has 0 aromatic heterocycles. The van der Waals surface area contributed by atoms with Crippen molar-refractivity contribution < 1.29 is 41.1 Å². The SMILES string of the molecule is Cc1ccc(S(=O)(=O)NCC(=O)C2CCC[C@H]2C(=O)N[C@@H](CCCC/C(N)=N/S(=O)(=O)c2c(C)c(C)c3c(c2C)CC(C)(C)O3)C(=O)O)cc1. The lowest BCUT2D eigenvalue weighted by atomic mass is 9.90. The third-order valence-corrected chi connectivity index (χ3v) is 12.6. The van der Waals surface area contributed by atoms with Crippen LogP contribution in [-0.2, 0) is 40.9 Å². The maximum absolute atomic E-state index is 13.4. The van der Waals surface area contributed by atoms with Crippen molar-refractivity contribution in [2.75, 3.05) is 6.54 Å². The largest absolute Gasteiger partial charge is 0.487 e. The number of ketones is 1. The molecule has 0 spiro atoms. The number of carbonyl (C=O) groups is 3. The average molecular weight is 733 g/mol. The molecule has 4 rings (SSSR count). The molecule has 1 aliphatic carbocycles. The van der Waals surface area contributed by atoms with Gasteiger partial charge >= 0.3 is 5.97 Å². The Balaban J connectivity index is 1.32. The molecule has 3 atom stereocenters. The molecular formula is C35H48N4O9S2. The first-order valence-electron chi connectivity index (χ1n) is 16.8. The monoisotopic (exact) mass is 732 g/mol. The van der Waals surface area contributed by atoms with E-state index >= 15 is 0 Å². The minimum Gasteiger partial charge on any atom is -0.487 e. The van der Waals surface area contributed by atoms with E-state index in [-0.39, 0.29) is 28.5 Å². The molecule has 0 radical (unpaired) electrons. The van der Waals surface area contributed by atoms with Gasteiger partial charge in [0.1, 0.15) is 23.2 Å². The van der Waals surface area contributed by atoms with Crippen molar-refractivity contribution in [1.82, 2.24) is 10.0 Å². The number of amides is 1. The number of aliphatic carboxylic acids is 1. The second kappa shape index (κ2) is 15.2. The van der Waals surface area contributed by atoms with Crippen LogP contribution in [0.1, 0.15) is 86.6 Å². The van der Waals surface area contributed by atoms with Gasteiger partial charge in [0.15, 0.2) is 5.78 Å². The molecule has 0 bridgehead atoms. The molecule has 2 aromatic rings. The number of amidine groups is 1. The Kier molecular flexibility index (Phi) is 11.8. The van der Waals surface area contributed by atoms with E-state index in [1.165, 1.54) is 12.1 Å². The molecule has 1 amide bonds. The molecule has 0 saturated heterocycles. The standard InChI is InChI=1S/C35H48N4O9S2/c1-20-14-16-24(17-15-20)49(44,45)37-19-29(40)25-10-9-11-26(25)33(41)38-28(34(42)43)12-7-8-13-30(36)39-50(46,47)32-22(3)21(2)31-27(23(32)4)18-35(5,6)48-31/h14-17,25-26,28,37H,7-13,18-19H2,1-6H3,(H2,36,39)(H,38,41)(H,42,43)/t25?,26-,28+/m1/s1. The maximum atomic E-state index is 13.4. The van der Waals surface area contributed by atoms with E-state index in [4.69, 9.17) is 10.5 Å². The third-order valence-electron chi connectivity index (χ3n) is 9.61. The lowest BCUT2D eigenvalue weighted by molar-refractivity contribution is -0.143. The third kappa shape index (κ3) is 8.90. The maximum Gasteiger partial charge on any atom is 0.326 e. The molecule has 2 aliphatic rings. The van der Waals surface area contributed by atoms with Crippen LogP contribution in [0.15, 0.2) is 38.5 Å². The number of aryl methyl sites for hydroxylation is 1. The molecule has 13 nitrogen and oxygen atoms in total. The van der Waals surface area contributed by atoms with Gasteiger partial charge < -0.3 is 20.9 Å². The molecular weight excluding hydrogens is 685 g/mol. The zero-order chi connectivity index (χ0) is 37.2. The molecule has 1 aliphatic heterocycles. The summed E-state index contributed by atoms with van der Waals surface area (Å²) in [4.78, 5) is 38.3. The first-order chi connectivity index (χ1) is 23.2. The summed E-state index contributed by atoms with van der Waals surface area (Å²) in [5.41, 5.74) is 9.18. The van der Waals surface area contributed by atoms with Crippen LogP contribution >= 0.6 is 0 Å². The highest BCUT2D eigenvalue weighted by atomic mass is 32.2. The molecule has 50 heavy (non-hydrogen) atoms. The first kappa shape index (κ1) is 39.0. The van der Waals surface area contributed by atoms with Crippen LogP contribution < -0.4 is 20.5 Å². The predicted octanol–water partition coefficient (Wildman–Crippen LogP) is 3.77. The summed E-state index contributed by atoms with van der Waals surface area (Å²) in [6, 6.07) is 4.94. The van der Waals surface area contributed by atoms with E-state index in [2.05, 4.69) is 14.4 Å². The minimum atomic E-state index is -4.14. The van der Waals surface area contributed by atoms with Crippen molar-refractivity contribution in [2.24, 2.45) is 22.0 Å². The number of nitrogens with two attached hydrogens (primary N) is 1. The van der Waals surface area contributed by atoms with Crippen molar-refractivity contribution in [2.45, 2.75) is 114 Å². The Labute approximate surface area is 294 Å². The van der Waals surface area contributed by atoms with Crippen LogP contribution in [0.2, 0.25) is 0 Å². The van der Waals surface area contributed by atoms with Gasteiger partial charge in [0.2, 0.25) is 15.9 Å². The van der Waals surface area contributed by atoms with Crippen LogP contribution in [-0.4, -0.2) is 63.6 Å². The van der Waals surface area contributed by atoms with Gasteiger partial charge in [-0.2, -0.15) is 8.42 Å². The van der Waals surface area contributed by atoms with Gasteiger partial charge in [-0.25, -0.2) is 17.9 Å². The van der Waals surface area contributed by atoms with Crippen LogP contribution in [0, 0.1) is 39.5 Å². The Morgan fingerprint density at radius 3 is 2.26 bits per heavy atom. The number of carboxylic acid groups (broad SMARTS) is 1. The summed E-state index contributed by atoms with van der Waals surface area (Å²) in [6.07, 6.45) is 2.63. The van der Waals surface area contributed by atoms with Gasteiger partial charge in [-0.3, -0.25) is 9.59 Å². The van der Waals surface area contributed by atoms with Crippen LogP contribution in [0.3, 0.4) is 0 Å². The second-order valence-electron chi connectivity index (χ2n) is 14.0. The molecule has 274 valence electrons. The van der Waals surface area contributed by atoms with Gasteiger partial charge in [0.25, 0.3) is 10.0 Å². The number of Topliss-reactive ketones (excluding diaryl/α,β-unsaturated/α-hetero) is 1. The number of nitrogens with one attached hydrogen (secondary N) is 2. The zero-order valence-electron chi connectivity index (χ0n) is 29.5. The molecule has 2 aromatic carbocycles. The summed E-state index contributed by atoms with van der Waals surface area (Å²) in [6.45, 7) is 10.5. The average Bonchev–Trinajstić information content (AvgIpc) is 3.65. The van der Waals surface area contributed by atoms with E-state index in [9.17, 15) is 36.3 Å². The van der Waals surface area contributed by atoms with Crippen molar-refractivity contribution in [3.8, 4) is 5.75 Å². The van der Waals surface area contributed by atoms with E-state index < -0.39 is 67.7 Å². The van der Waals surface area contributed by atoms with Crippen molar-refractivity contribution in [1.29, 1.82) is 0 Å². The number of unbranched alkanes of at least 4 members (excludes halogenated alkanes) is 1. The highest BCUT2D eigenvalue weighted by molar-refractivity contribution is 7.90. The summed E-state index contributed by atoms with van der Waals surface area (Å²) < 4.78 is 64.4. The van der Waals surface area contributed by atoms with Crippen LogP contribution in [0.25, 0.3) is 0 Å². The van der Waals surface area contributed by atoms with Crippen molar-refractivity contribution in [3.63, 3.8) is 0 Å². The molecule has 1 fully saturated rings. The topological polar surface area (TPSA) is 211 Å². The smallest absolute Gasteiger partial charge is 0.326 e. The molecule has 1 unspecified atom stereocenters. The fraction of sp³-hybridized carbons (Fsp3) is 0.543. The van der Waals surface area contributed by atoms with E-state index in [0.29, 0.717) is 55.4 Å². The van der Waals surface area contributed by atoms with E-state index in [1.807, 2.05) is 27.7 Å². The fourth-order valence-corrected chi connectivity index (χ4v) is 9.36. The number of ether oxygens (including phenoxy) is 1. The minimum absolute atomic E-state index is 0.0228. The van der Waals surface area contributed by atoms with Gasteiger partial charge in [0.05, 0.1) is 16.3 Å². The Bertz CT molecular complexity index is 1900. The van der Waals surface area contributed by atoms with Crippen LogP contribution in [0.5, 0.6) is 5.75 Å². The summed E-state index contributed by atoms with van der Waals surface area (Å²) >= 11 is 0.